The highest BCUT2D eigenvalue weighted by Crippen LogP contribution is 2.05. The van der Waals surface area contributed by atoms with Gasteiger partial charge in [-0.25, -0.2) is 9.59 Å². The SMILES string of the molecule is CSCCC[C@@H](NC(=O)OCc1ccccc1)C(=O)O. The number of hydrogen-bond donors (Lipinski definition) is 2. The normalized spacial score (nSPS) is 11.7. The van der Waals surface area contributed by atoms with Crippen LogP contribution in [0.5, 0.6) is 0 Å². The first-order valence-electron chi connectivity index (χ1n) is 6.32. The largest absolute Gasteiger partial charge is 0.480 e. The second-order valence-electron chi connectivity index (χ2n) is 4.23. The van der Waals surface area contributed by atoms with Gasteiger partial charge in [0.1, 0.15) is 12.6 Å². The predicted molar refractivity (Wildman–Crippen MR) is 78.8 cm³/mol. The maximum Gasteiger partial charge on any atom is 0.408 e. The fraction of sp³-hybridized carbons (Fsp3) is 0.429. The van der Waals surface area contributed by atoms with E-state index in [1.165, 1.54) is 0 Å². The number of aliphatic carboxylic acids is 1. The number of carboxylic acids is 1. The minimum atomic E-state index is -1.04. The van der Waals surface area contributed by atoms with Crippen LogP contribution >= 0.6 is 11.8 Å². The van der Waals surface area contributed by atoms with E-state index in [0.29, 0.717) is 6.42 Å². The highest BCUT2D eigenvalue weighted by molar-refractivity contribution is 7.98. The number of amides is 1. The molecule has 2 N–H and O–H groups in total. The Morgan fingerprint density at radius 3 is 2.65 bits per heavy atom. The first-order valence-corrected chi connectivity index (χ1v) is 7.72. The van der Waals surface area contributed by atoms with Crippen LogP contribution in [0.2, 0.25) is 0 Å². The van der Waals surface area contributed by atoms with E-state index in [9.17, 15) is 9.59 Å². The lowest BCUT2D eigenvalue weighted by Gasteiger charge is -2.14. The maximum absolute atomic E-state index is 11.6. The molecule has 110 valence electrons. The number of rotatable bonds is 8. The van der Waals surface area contributed by atoms with E-state index < -0.39 is 18.1 Å². The van der Waals surface area contributed by atoms with E-state index in [1.807, 2.05) is 36.6 Å². The Morgan fingerprint density at radius 2 is 2.05 bits per heavy atom. The van der Waals surface area contributed by atoms with Crippen LogP contribution in [0, 0.1) is 0 Å². The van der Waals surface area contributed by atoms with Crippen LogP contribution < -0.4 is 5.32 Å². The predicted octanol–water partition coefficient (Wildman–Crippen LogP) is 2.51. The molecule has 0 spiro atoms. The van der Waals surface area contributed by atoms with Crippen molar-refractivity contribution >= 4 is 23.8 Å². The van der Waals surface area contributed by atoms with Crippen molar-refractivity contribution in [3.63, 3.8) is 0 Å². The summed E-state index contributed by atoms with van der Waals surface area (Å²) < 4.78 is 5.00. The van der Waals surface area contributed by atoms with Gasteiger partial charge in [0.15, 0.2) is 0 Å². The molecule has 0 aliphatic rings. The molecule has 5 nitrogen and oxygen atoms in total. The molecule has 0 aliphatic carbocycles. The van der Waals surface area contributed by atoms with E-state index in [1.54, 1.807) is 11.8 Å². The molecule has 6 heteroatoms. The van der Waals surface area contributed by atoms with Crippen LogP contribution in [0.15, 0.2) is 30.3 Å². The zero-order chi connectivity index (χ0) is 14.8. The highest BCUT2D eigenvalue weighted by Gasteiger charge is 2.19. The summed E-state index contributed by atoms with van der Waals surface area (Å²) in [6, 6.07) is 8.33. The van der Waals surface area contributed by atoms with Crippen molar-refractivity contribution in [3.8, 4) is 0 Å². The Bertz CT molecular complexity index is 424. The summed E-state index contributed by atoms with van der Waals surface area (Å²) in [5, 5.41) is 11.4. The fourth-order valence-electron chi connectivity index (χ4n) is 1.60. The Hall–Kier alpha value is -1.69. The molecule has 0 unspecified atom stereocenters. The first kappa shape index (κ1) is 16.4. The van der Waals surface area contributed by atoms with Crippen molar-refractivity contribution in [1.29, 1.82) is 0 Å². The number of ether oxygens (including phenoxy) is 1. The summed E-state index contributed by atoms with van der Waals surface area (Å²) in [5.74, 6) is -0.174. The molecule has 0 aromatic heterocycles. The molecular formula is C14H19NO4S. The molecule has 1 aromatic rings. The van der Waals surface area contributed by atoms with Crippen LogP contribution in [0.4, 0.5) is 4.79 Å². The number of carbonyl (C=O) groups is 2. The number of carbonyl (C=O) groups excluding carboxylic acids is 1. The van der Waals surface area contributed by atoms with E-state index in [2.05, 4.69) is 5.32 Å². The van der Waals surface area contributed by atoms with Crippen LogP contribution in [-0.4, -0.2) is 35.2 Å². The first-order chi connectivity index (χ1) is 9.63. The van der Waals surface area contributed by atoms with E-state index >= 15 is 0 Å². The van der Waals surface area contributed by atoms with Gasteiger partial charge in [-0.15, -0.1) is 0 Å². The number of carboxylic acid groups (broad SMARTS) is 1. The third kappa shape index (κ3) is 6.47. The third-order valence-electron chi connectivity index (χ3n) is 2.64. The second kappa shape index (κ2) is 9.25. The zero-order valence-corrected chi connectivity index (χ0v) is 12.2. The van der Waals surface area contributed by atoms with Gasteiger partial charge in [-0.1, -0.05) is 30.3 Å². The zero-order valence-electron chi connectivity index (χ0n) is 11.4. The van der Waals surface area contributed by atoms with Crippen LogP contribution in [-0.2, 0) is 16.1 Å². The van der Waals surface area contributed by atoms with Crippen molar-refractivity contribution < 1.29 is 19.4 Å². The molecule has 0 radical (unpaired) electrons. The Balaban J connectivity index is 2.36. The van der Waals surface area contributed by atoms with Crippen molar-refractivity contribution in [2.24, 2.45) is 0 Å². The van der Waals surface area contributed by atoms with Crippen LogP contribution in [0.25, 0.3) is 0 Å². The van der Waals surface area contributed by atoms with Crippen LogP contribution in [0.3, 0.4) is 0 Å². The lowest BCUT2D eigenvalue weighted by atomic mass is 10.2. The topological polar surface area (TPSA) is 75.6 Å². The van der Waals surface area contributed by atoms with Gasteiger partial charge in [0.25, 0.3) is 0 Å². The van der Waals surface area contributed by atoms with E-state index in [4.69, 9.17) is 9.84 Å². The third-order valence-corrected chi connectivity index (χ3v) is 3.34. The molecule has 0 saturated carbocycles. The minimum absolute atomic E-state index is 0.129. The Morgan fingerprint density at radius 1 is 1.35 bits per heavy atom. The number of alkyl carbamates (subject to hydrolysis) is 1. The van der Waals surface area contributed by atoms with Crippen molar-refractivity contribution in [1.82, 2.24) is 5.32 Å². The number of hydrogen-bond acceptors (Lipinski definition) is 4. The van der Waals surface area contributed by atoms with Gasteiger partial charge < -0.3 is 15.2 Å². The molecule has 20 heavy (non-hydrogen) atoms. The summed E-state index contributed by atoms with van der Waals surface area (Å²) in [5.41, 5.74) is 0.858. The lowest BCUT2D eigenvalue weighted by molar-refractivity contribution is -0.139. The van der Waals surface area contributed by atoms with Gasteiger partial charge in [-0.05, 0) is 30.4 Å². The smallest absolute Gasteiger partial charge is 0.408 e. The number of nitrogens with one attached hydrogen (secondary N) is 1. The molecular weight excluding hydrogens is 278 g/mol. The maximum atomic E-state index is 11.6. The average Bonchev–Trinajstić information content (AvgIpc) is 2.45. The number of thioether (sulfide) groups is 1. The van der Waals surface area contributed by atoms with Crippen molar-refractivity contribution in [3.05, 3.63) is 35.9 Å². The monoisotopic (exact) mass is 297 g/mol. The fourth-order valence-corrected chi connectivity index (χ4v) is 2.05. The second-order valence-corrected chi connectivity index (χ2v) is 5.22. The average molecular weight is 297 g/mol. The summed E-state index contributed by atoms with van der Waals surface area (Å²) in [6.45, 7) is 0.129. The van der Waals surface area contributed by atoms with Crippen molar-refractivity contribution in [2.75, 3.05) is 12.0 Å². The molecule has 0 saturated heterocycles. The summed E-state index contributed by atoms with van der Waals surface area (Å²) in [4.78, 5) is 22.6. The van der Waals surface area contributed by atoms with Gasteiger partial charge in [0.2, 0.25) is 0 Å². The highest BCUT2D eigenvalue weighted by atomic mass is 32.2. The van der Waals surface area contributed by atoms with Gasteiger partial charge in [-0.3, -0.25) is 0 Å². The van der Waals surface area contributed by atoms with Gasteiger partial charge in [0.05, 0.1) is 0 Å². The van der Waals surface area contributed by atoms with Gasteiger partial charge in [-0.2, -0.15) is 11.8 Å². The van der Waals surface area contributed by atoms with E-state index in [-0.39, 0.29) is 6.61 Å². The molecule has 0 fully saturated rings. The molecule has 1 atom stereocenters. The quantitative estimate of drug-likeness (QED) is 0.721. The summed E-state index contributed by atoms with van der Waals surface area (Å²) in [7, 11) is 0. The van der Waals surface area contributed by atoms with Crippen molar-refractivity contribution in [2.45, 2.75) is 25.5 Å². The molecule has 1 rings (SSSR count). The molecule has 1 amide bonds. The molecule has 0 heterocycles. The molecule has 1 aromatic carbocycles. The Kier molecular flexibility index (Phi) is 7.57. The lowest BCUT2D eigenvalue weighted by Crippen LogP contribution is -2.41. The van der Waals surface area contributed by atoms with E-state index in [0.717, 1.165) is 17.7 Å². The minimum Gasteiger partial charge on any atom is -0.480 e. The van der Waals surface area contributed by atoms with Gasteiger partial charge in [0, 0.05) is 0 Å². The standard InChI is InChI=1S/C14H19NO4S/c1-20-9-5-8-12(13(16)17)15-14(18)19-10-11-6-3-2-4-7-11/h2-4,6-7,12H,5,8-10H2,1H3,(H,15,18)(H,16,17)/t12-/m1/s1. The van der Waals surface area contributed by atoms with Crippen LogP contribution in [0.1, 0.15) is 18.4 Å². The molecule has 0 aliphatic heterocycles. The molecule has 0 bridgehead atoms. The Labute approximate surface area is 122 Å². The van der Waals surface area contributed by atoms with Gasteiger partial charge >= 0.3 is 12.1 Å². The number of benzene rings is 1. The summed E-state index contributed by atoms with van der Waals surface area (Å²) in [6.07, 6.45) is 2.38. The summed E-state index contributed by atoms with van der Waals surface area (Å²) >= 11 is 1.64.